The van der Waals surface area contributed by atoms with Gasteiger partial charge in [-0.2, -0.15) is 5.10 Å². The first-order valence-corrected chi connectivity index (χ1v) is 7.57. The third-order valence-corrected chi connectivity index (χ3v) is 3.90. The molecule has 20 heavy (non-hydrogen) atoms. The van der Waals surface area contributed by atoms with Crippen LogP contribution in [0.5, 0.6) is 0 Å². The summed E-state index contributed by atoms with van der Waals surface area (Å²) in [6, 6.07) is 5.21. The third kappa shape index (κ3) is 2.94. The van der Waals surface area contributed by atoms with Crippen LogP contribution in [0.3, 0.4) is 0 Å². The molecule has 1 heterocycles. The van der Waals surface area contributed by atoms with Crippen molar-refractivity contribution in [1.29, 1.82) is 0 Å². The number of hydrogen-bond donors (Lipinski definition) is 1. The molecule has 0 saturated carbocycles. The Hall–Kier alpha value is -1.20. The molecular formula is C15H19BrFN3. The molecule has 2 aromatic rings. The van der Waals surface area contributed by atoms with E-state index in [2.05, 4.69) is 33.3 Å². The van der Waals surface area contributed by atoms with Crippen molar-refractivity contribution in [2.75, 3.05) is 6.54 Å². The first-order valence-electron chi connectivity index (χ1n) is 6.78. The Balaban J connectivity index is 2.53. The molecule has 0 radical (unpaired) electrons. The zero-order valence-corrected chi connectivity index (χ0v) is 13.5. The van der Waals surface area contributed by atoms with Crippen molar-refractivity contribution in [3.63, 3.8) is 0 Å². The van der Waals surface area contributed by atoms with Gasteiger partial charge in [-0.05, 0) is 35.0 Å². The van der Waals surface area contributed by atoms with Gasteiger partial charge in [0.1, 0.15) is 5.82 Å². The summed E-state index contributed by atoms with van der Waals surface area (Å²) < 4.78 is 16.7. The Morgan fingerprint density at radius 1 is 1.35 bits per heavy atom. The maximum Gasteiger partial charge on any atom is 0.142 e. The van der Waals surface area contributed by atoms with E-state index < -0.39 is 0 Å². The number of aryl methyl sites for hydroxylation is 2. The number of halogens is 2. The Morgan fingerprint density at radius 2 is 2.10 bits per heavy atom. The van der Waals surface area contributed by atoms with Crippen LogP contribution in [0.2, 0.25) is 0 Å². The first-order chi connectivity index (χ1) is 9.58. The molecule has 5 heteroatoms. The maximum absolute atomic E-state index is 14.4. The first kappa shape index (κ1) is 15.2. The lowest BCUT2D eigenvalue weighted by Gasteiger charge is -2.19. The highest BCUT2D eigenvalue weighted by molar-refractivity contribution is 9.10. The fourth-order valence-corrected chi connectivity index (χ4v) is 2.79. The molecule has 0 bridgehead atoms. The molecule has 0 aliphatic heterocycles. The maximum atomic E-state index is 14.4. The van der Waals surface area contributed by atoms with Crippen LogP contribution >= 0.6 is 15.9 Å². The summed E-state index contributed by atoms with van der Waals surface area (Å²) in [6.07, 6.45) is 2.79. The molecular weight excluding hydrogens is 321 g/mol. The van der Waals surface area contributed by atoms with Gasteiger partial charge in [-0.25, -0.2) is 4.39 Å². The Labute approximate surface area is 127 Å². The Kier molecular flexibility index (Phi) is 4.94. The van der Waals surface area contributed by atoms with Gasteiger partial charge in [-0.1, -0.05) is 26.0 Å². The Morgan fingerprint density at radius 3 is 2.75 bits per heavy atom. The lowest BCUT2D eigenvalue weighted by atomic mass is 9.97. The van der Waals surface area contributed by atoms with Gasteiger partial charge in [0.15, 0.2) is 0 Å². The summed E-state index contributed by atoms with van der Waals surface area (Å²) in [5, 5.41) is 7.81. The van der Waals surface area contributed by atoms with E-state index in [0.717, 1.165) is 24.2 Å². The fraction of sp³-hybridized carbons (Fsp3) is 0.400. The van der Waals surface area contributed by atoms with Gasteiger partial charge in [-0.3, -0.25) is 4.68 Å². The monoisotopic (exact) mass is 339 g/mol. The van der Waals surface area contributed by atoms with Gasteiger partial charge in [0.05, 0.1) is 16.2 Å². The lowest BCUT2D eigenvalue weighted by Crippen LogP contribution is -2.23. The van der Waals surface area contributed by atoms with Gasteiger partial charge in [-0.15, -0.1) is 0 Å². The molecule has 0 aliphatic carbocycles. The van der Waals surface area contributed by atoms with E-state index in [9.17, 15) is 4.39 Å². The van der Waals surface area contributed by atoms with Crippen molar-refractivity contribution in [1.82, 2.24) is 15.1 Å². The Bertz CT molecular complexity index is 595. The summed E-state index contributed by atoms with van der Waals surface area (Å²) in [5.41, 5.74) is 2.68. The molecule has 1 aromatic heterocycles. The van der Waals surface area contributed by atoms with Crippen LogP contribution in [-0.2, 0) is 13.5 Å². The summed E-state index contributed by atoms with van der Waals surface area (Å²) >= 11 is 3.26. The quantitative estimate of drug-likeness (QED) is 0.902. The van der Waals surface area contributed by atoms with Gasteiger partial charge >= 0.3 is 0 Å². The van der Waals surface area contributed by atoms with Crippen molar-refractivity contribution in [3.8, 4) is 0 Å². The molecule has 108 valence electrons. The smallest absolute Gasteiger partial charge is 0.142 e. The molecule has 1 aromatic carbocycles. The summed E-state index contributed by atoms with van der Waals surface area (Å²) in [5.74, 6) is -0.218. The van der Waals surface area contributed by atoms with E-state index in [0.29, 0.717) is 10.0 Å². The van der Waals surface area contributed by atoms with E-state index in [1.54, 1.807) is 10.7 Å². The average Bonchev–Trinajstić information content (AvgIpc) is 2.80. The second-order valence-corrected chi connectivity index (χ2v) is 5.55. The second-order valence-electron chi connectivity index (χ2n) is 4.69. The van der Waals surface area contributed by atoms with Gasteiger partial charge < -0.3 is 5.32 Å². The summed E-state index contributed by atoms with van der Waals surface area (Å²) in [6.45, 7) is 4.84. The highest BCUT2D eigenvalue weighted by atomic mass is 79.9. The molecule has 0 amide bonds. The third-order valence-electron chi connectivity index (χ3n) is 3.28. The van der Waals surface area contributed by atoms with Crippen LogP contribution in [-0.4, -0.2) is 16.3 Å². The minimum absolute atomic E-state index is 0.179. The van der Waals surface area contributed by atoms with Crippen molar-refractivity contribution < 1.29 is 4.39 Å². The number of benzene rings is 1. The zero-order valence-electron chi connectivity index (χ0n) is 12.0. The van der Waals surface area contributed by atoms with E-state index in [1.165, 1.54) is 0 Å². The summed E-state index contributed by atoms with van der Waals surface area (Å²) in [7, 11) is 1.89. The van der Waals surface area contributed by atoms with Crippen LogP contribution in [0.1, 0.15) is 36.7 Å². The highest BCUT2D eigenvalue weighted by Gasteiger charge is 2.22. The minimum atomic E-state index is -0.218. The minimum Gasteiger partial charge on any atom is -0.306 e. The van der Waals surface area contributed by atoms with E-state index in [1.807, 2.05) is 32.3 Å². The number of hydrogen-bond acceptors (Lipinski definition) is 2. The molecule has 1 unspecified atom stereocenters. The predicted molar refractivity (Wildman–Crippen MR) is 82.2 cm³/mol. The van der Waals surface area contributed by atoms with E-state index in [4.69, 9.17) is 0 Å². The largest absolute Gasteiger partial charge is 0.306 e. The normalized spacial score (nSPS) is 12.7. The van der Waals surface area contributed by atoms with Gasteiger partial charge in [0, 0.05) is 24.4 Å². The standard InChI is InChI=1S/C15H19BrFN3/c1-4-13-11(9-20(3)19-13)15(18-5-2)10-7-6-8-12(16)14(10)17/h6-9,15,18H,4-5H2,1-3H3. The molecule has 2 rings (SSSR count). The van der Waals surface area contributed by atoms with Crippen LogP contribution in [0, 0.1) is 5.82 Å². The zero-order chi connectivity index (χ0) is 14.7. The number of aromatic nitrogens is 2. The van der Waals surface area contributed by atoms with Crippen molar-refractivity contribution in [2.45, 2.75) is 26.3 Å². The van der Waals surface area contributed by atoms with Crippen molar-refractivity contribution >= 4 is 15.9 Å². The number of rotatable bonds is 5. The van der Waals surface area contributed by atoms with Gasteiger partial charge in [0.25, 0.3) is 0 Å². The summed E-state index contributed by atoms with van der Waals surface area (Å²) in [4.78, 5) is 0. The highest BCUT2D eigenvalue weighted by Crippen LogP contribution is 2.30. The molecule has 3 nitrogen and oxygen atoms in total. The second kappa shape index (κ2) is 6.50. The van der Waals surface area contributed by atoms with Crippen molar-refractivity contribution in [2.24, 2.45) is 7.05 Å². The lowest BCUT2D eigenvalue weighted by molar-refractivity contribution is 0.553. The SMILES string of the molecule is CCNC(c1cn(C)nc1CC)c1cccc(Br)c1F. The van der Waals surface area contributed by atoms with Crippen LogP contribution < -0.4 is 5.32 Å². The van der Waals surface area contributed by atoms with Crippen LogP contribution in [0.15, 0.2) is 28.9 Å². The molecule has 0 fully saturated rings. The number of nitrogens with one attached hydrogen (secondary N) is 1. The molecule has 0 aliphatic rings. The average molecular weight is 340 g/mol. The van der Waals surface area contributed by atoms with Gasteiger partial charge in [0.2, 0.25) is 0 Å². The molecule has 0 spiro atoms. The topological polar surface area (TPSA) is 29.9 Å². The fourth-order valence-electron chi connectivity index (χ4n) is 2.40. The van der Waals surface area contributed by atoms with E-state index in [-0.39, 0.29) is 11.9 Å². The van der Waals surface area contributed by atoms with Crippen molar-refractivity contribution in [3.05, 3.63) is 51.5 Å². The molecule has 1 atom stereocenters. The molecule has 0 saturated heterocycles. The van der Waals surface area contributed by atoms with E-state index >= 15 is 0 Å². The predicted octanol–water partition coefficient (Wildman–Crippen LogP) is 3.58. The molecule has 1 N–H and O–H groups in total. The van der Waals surface area contributed by atoms with Crippen LogP contribution in [0.25, 0.3) is 0 Å². The van der Waals surface area contributed by atoms with Crippen LogP contribution in [0.4, 0.5) is 4.39 Å². The number of nitrogens with zero attached hydrogens (tertiary/aromatic N) is 2.